The molecule has 0 aromatic carbocycles. The standard InChI is InChI=1S/C14H24N2O2/c1-11-13(6-14(7-15)18-11)9-16-5-3-4-12(8-16)10-17-2/h6,12H,3-5,7-10,15H2,1-2H3. The number of methoxy groups -OCH3 is 1. The first kappa shape index (κ1) is 13.6. The molecule has 0 aliphatic carbocycles. The van der Waals surface area contributed by atoms with Crippen molar-refractivity contribution in [3.63, 3.8) is 0 Å². The van der Waals surface area contributed by atoms with Crippen molar-refractivity contribution in [3.8, 4) is 0 Å². The molecule has 2 rings (SSSR count). The van der Waals surface area contributed by atoms with E-state index in [-0.39, 0.29) is 0 Å². The Hall–Kier alpha value is -0.840. The van der Waals surface area contributed by atoms with E-state index in [9.17, 15) is 0 Å². The Morgan fingerprint density at radius 3 is 3.06 bits per heavy atom. The zero-order valence-electron chi connectivity index (χ0n) is 11.4. The third-order valence-electron chi connectivity index (χ3n) is 3.67. The summed E-state index contributed by atoms with van der Waals surface area (Å²) in [7, 11) is 1.78. The number of rotatable bonds is 5. The van der Waals surface area contributed by atoms with Gasteiger partial charge >= 0.3 is 0 Å². The normalized spacial score (nSPS) is 21.4. The Balaban J connectivity index is 1.93. The van der Waals surface area contributed by atoms with Crippen molar-refractivity contribution in [2.45, 2.75) is 32.9 Å². The minimum atomic E-state index is 0.479. The second-order valence-electron chi connectivity index (χ2n) is 5.20. The van der Waals surface area contributed by atoms with Gasteiger partial charge in [-0.25, -0.2) is 0 Å². The fourth-order valence-corrected chi connectivity index (χ4v) is 2.75. The first-order chi connectivity index (χ1) is 8.72. The van der Waals surface area contributed by atoms with E-state index in [1.807, 2.05) is 6.92 Å². The van der Waals surface area contributed by atoms with Gasteiger partial charge in [0.05, 0.1) is 13.2 Å². The largest absolute Gasteiger partial charge is 0.465 e. The molecule has 1 unspecified atom stereocenters. The van der Waals surface area contributed by atoms with Crippen molar-refractivity contribution in [3.05, 3.63) is 23.2 Å². The Kier molecular flexibility index (Phi) is 4.80. The van der Waals surface area contributed by atoms with Crippen LogP contribution in [-0.4, -0.2) is 31.7 Å². The zero-order chi connectivity index (χ0) is 13.0. The van der Waals surface area contributed by atoms with Gasteiger partial charge < -0.3 is 14.9 Å². The molecule has 2 N–H and O–H groups in total. The molecule has 0 amide bonds. The number of nitrogens with two attached hydrogens (primary N) is 1. The van der Waals surface area contributed by atoms with Gasteiger partial charge in [-0.05, 0) is 38.3 Å². The average Bonchev–Trinajstić information content (AvgIpc) is 2.71. The molecule has 18 heavy (non-hydrogen) atoms. The Labute approximate surface area is 109 Å². The quantitative estimate of drug-likeness (QED) is 0.869. The van der Waals surface area contributed by atoms with Crippen LogP contribution in [0.2, 0.25) is 0 Å². The van der Waals surface area contributed by atoms with Crippen molar-refractivity contribution < 1.29 is 9.15 Å². The van der Waals surface area contributed by atoms with E-state index in [1.54, 1.807) is 7.11 Å². The highest BCUT2D eigenvalue weighted by Crippen LogP contribution is 2.21. The molecular formula is C14H24N2O2. The van der Waals surface area contributed by atoms with Crippen molar-refractivity contribution >= 4 is 0 Å². The van der Waals surface area contributed by atoms with Crippen LogP contribution in [0.25, 0.3) is 0 Å². The van der Waals surface area contributed by atoms with Crippen LogP contribution in [0.1, 0.15) is 29.9 Å². The van der Waals surface area contributed by atoms with Crippen LogP contribution in [-0.2, 0) is 17.8 Å². The number of hydrogen-bond donors (Lipinski definition) is 1. The molecule has 102 valence electrons. The predicted octanol–water partition coefficient (Wildman–Crippen LogP) is 1.91. The second-order valence-corrected chi connectivity index (χ2v) is 5.20. The zero-order valence-corrected chi connectivity index (χ0v) is 11.4. The SMILES string of the molecule is COCC1CCCN(Cc2cc(CN)oc2C)C1. The Bertz CT molecular complexity index is 374. The molecule has 0 saturated carbocycles. The molecule has 4 nitrogen and oxygen atoms in total. The van der Waals surface area contributed by atoms with Gasteiger partial charge in [0.25, 0.3) is 0 Å². The van der Waals surface area contributed by atoms with E-state index in [1.165, 1.54) is 24.9 Å². The van der Waals surface area contributed by atoms with Crippen LogP contribution in [0.4, 0.5) is 0 Å². The summed E-state index contributed by atoms with van der Waals surface area (Å²) in [6, 6.07) is 2.09. The lowest BCUT2D eigenvalue weighted by molar-refractivity contribution is 0.0872. The highest BCUT2D eigenvalue weighted by atomic mass is 16.5. The van der Waals surface area contributed by atoms with Gasteiger partial charge in [-0.1, -0.05) is 0 Å². The number of hydrogen-bond acceptors (Lipinski definition) is 4. The molecule has 1 fully saturated rings. The molecule has 1 saturated heterocycles. The Morgan fingerprint density at radius 2 is 2.39 bits per heavy atom. The maximum Gasteiger partial charge on any atom is 0.118 e. The lowest BCUT2D eigenvalue weighted by Gasteiger charge is -2.32. The molecule has 0 spiro atoms. The molecular weight excluding hydrogens is 228 g/mol. The van der Waals surface area contributed by atoms with Gasteiger partial charge in [-0.2, -0.15) is 0 Å². The summed E-state index contributed by atoms with van der Waals surface area (Å²) in [4.78, 5) is 2.49. The molecule has 2 heterocycles. The maximum atomic E-state index is 5.60. The highest BCUT2D eigenvalue weighted by molar-refractivity contribution is 5.20. The summed E-state index contributed by atoms with van der Waals surface area (Å²) in [5, 5.41) is 0. The van der Waals surface area contributed by atoms with Gasteiger partial charge in [0, 0.05) is 25.8 Å². The number of ether oxygens (including phenoxy) is 1. The first-order valence-electron chi connectivity index (χ1n) is 6.72. The van der Waals surface area contributed by atoms with Gasteiger partial charge in [0.2, 0.25) is 0 Å². The van der Waals surface area contributed by atoms with Crippen LogP contribution >= 0.6 is 0 Å². The summed E-state index contributed by atoms with van der Waals surface area (Å²) in [6.45, 7) is 6.63. The molecule has 1 aromatic heterocycles. The lowest BCUT2D eigenvalue weighted by Crippen LogP contribution is -2.36. The van der Waals surface area contributed by atoms with Gasteiger partial charge in [0.1, 0.15) is 11.5 Å². The van der Waals surface area contributed by atoms with E-state index in [2.05, 4.69) is 11.0 Å². The van der Waals surface area contributed by atoms with Crippen LogP contribution < -0.4 is 5.73 Å². The van der Waals surface area contributed by atoms with Crippen molar-refractivity contribution in [1.29, 1.82) is 0 Å². The average molecular weight is 252 g/mol. The molecule has 1 aliphatic heterocycles. The van der Waals surface area contributed by atoms with E-state index in [4.69, 9.17) is 14.9 Å². The lowest BCUT2D eigenvalue weighted by atomic mass is 9.98. The minimum Gasteiger partial charge on any atom is -0.465 e. The van der Waals surface area contributed by atoms with E-state index in [0.29, 0.717) is 12.5 Å². The smallest absolute Gasteiger partial charge is 0.118 e. The van der Waals surface area contributed by atoms with E-state index < -0.39 is 0 Å². The fraction of sp³-hybridized carbons (Fsp3) is 0.714. The number of piperidine rings is 1. The predicted molar refractivity (Wildman–Crippen MR) is 71.2 cm³/mol. The molecule has 4 heteroatoms. The third-order valence-corrected chi connectivity index (χ3v) is 3.67. The van der Waals surface area contributed by atoms with Crippen LogP contribution in [0.3, 0.4) is 0 Å². The number of likely N-dealkylation sites (tertiary alicyclic amines) is 1. The van der Waals surface area contributed by atoms with Crippen molar-refractivity contribution in [2.24, 2.45) is 11.7 Å². The minimum absolute atomic E-state index is 0.479. The molecule has 0 radical (unpaired) electrons. The van der Waals surface area contributed by atoms with Crippen molar-refractivity contribution in [2.75, 3.05) is 26.8 Å². The van der Waals surface area contributed by atoms with E-state index >= 15 is 0 Å². The van der Waals surface area contributed by atoms with Gasteiger partial charge in [-0.3, -0.25) is 4.90 Å². The van der Waals surface area contributed by atoms with Gasteiger partial charge in [0.15, 0.2) is 0 Å². The topological polar surface area (TPSA) is 51.6 Å². The number of aryl methyl sites for hydroxylation is 1. The summed E-state index contributed by atoms with van der Waals surface area (Å²) in [5.74, 6) is 2.56. The summed E-state index contributed by atoms with van der Waals surface area (Å²) < 4.78 is 10.9. The summed E-state index contributed by atoms with van der Waals surface area (Å²) in [6.07, 6.45) is 2.54. The highest BCUT2D eigenvalue weighted by Gasteiger charge is 2.21. The second kappa shape index (κ2) is 6.36. The third kappa shape index (κ3) is 3.34. The van der Waals surface area contributed by atoms with Crippen molar-refractivity contribution in [1.82, 2.24) is 4.90 Å². The van der Waals surface area contributed by atoms with Gasteiger partial charge in [-0.15, -0.1) is 0 Å². The Morgan fingerprint density at radius 1 is 1.56 bits per heavy atom. The summed E-state index contributed by atoms with van der Waals surface area (Å²) >= 11 is 0. The molecule has 1 aliphatic rings. The van der Waals surface area contributed by atoms with Crippen LogP contribution in [0.5, 0.6) is 0 Å². The monoisotopic (exact) mass is 252 g/mol. The van der Waals surface area contributed by atoms with Crippen LogP contribution in [0.15, 0.2) is 10.5 Å². The number of furan rings is 1. The summed E-state index contributed by atoms with van der Waals surface area (Å²) in [5.41, 5.74) is 6.87. The van der Waals surface area contributed by atoms with Crippen LogP contribution in [0, 0.1) is 12.8 Å². The molecule has 1 aromatic rings. The number of nitrogens with zero attached hydrogens (tertiary/aromatic N) is 1. The first-order valence-corrected chi connectivity index (χ1v) is 6.72. The van der Waals surface area contributed by atoms with E-state index in [0.717, 1.165) is 31.2 Å². The molecule has 1 atom stereocenters. The fourth-order valence-electron chi connectivity index (χ4n) is 2.75. The molecule has 0 bridgehead atoms. The maximum absolute atomic E-state index is 5.60.